The fourth-order valence-corrected chi connectivity index (χ4v) is 2.35. The summed E-state index contributed by atoms with van der Waals surface area (Å²) in [5.74, 6) is -0.804. The van der Waals surface area contributed by atoms with Gasteiger partial charge in [-0.15, -0.1) is 0 Å². The van der Waals surface area contributed by atoms with Crippen molar-refractivity contribution < 1.29 is 14.7 Å². The topological polar surface area (TPSA) is 78.4 Å². The lowest BCUT2D eigenvalue weighted by Crippen LogP contribution is -2.35. The van der Waals surface area contributed by atoms with Crippen LogP contribution in [0.5, 0.6) is 0 Å². The number of rotatable bonds is 5. The Morgan fingerprint density at radius 1 is 1.45 bits per heavy atom. The first kappa shape index (κ1) is 14.5. The lowest BCUT2D eigenvalue weighted by molar-refractivity contribution is -0.137. The zero-order valence-corrected chi connectivity index (χ0v) is 11.6. The lowest BCUT2D eigenvalue weighted by atomic mass is 9.88. The summed E-state index contributed by atoms with van der Waals surface area (Å²) < 4.78 is 0. The predicted octanol–water partition coefficient (Wildman–Crippen LogP) is 1.64. The van der Waals surface area contributed by atoms with E-state index in [1.165, 1.54) is 0 Å². The monoisotopic (exact) mass is 276 g/mol. The molecule has 1 saturated heterocycles. The number of nitrogens with one attached hydrogen (secondary N) is 2. The molecule has 20 heavy (non-hydrogen) atoms. The molecule has 0 aliphatic carbocycles. The smallest absolute Gasteiger partial charge is 0.303 e. The molecule has 1 aliphatic rings. The number of benzene rings is 1. The molecule has 1 atom stereocenters. The van der Waals surface area contributed by atoms with Gasteiger partial charge in [0, 0.05) is 18.7 Å². The molecule has 0 aromatic heterocycles. The quantitative estimate of drug-likeness (QED) is 0.764. The molecule has 2 rings (SSSR count). The molecule has 108 valence electrons. The third-order valence-electron chi connectivity index (χ3n) is 3.73. The van der Waals surface area contributed by atoms with Gasteiger partial charge in [-0.2, -0.15) is 0 Å². The second kappa shape index (κ2) is 6.05. The molecule has 1 unspecified atom stereocenters. The van der Waals surface area contributed by atoms with E-state index in [1.807, 2.05) is 31.2 Å². The van der Waals surface area contributed by atoms with Crippen molar-refractivity contribution in [1.29, 1.82) is 0 Å². The number of hydrogen-bond acceptors (Lipinski definition) is 3. The van der Waals surface area contributed by atoms with Gasteiger partial charge in [0.05, 0.1) is 5.41 Å². The first-order valence-corrected chi connectivity index (χ1v) is 6.82. The minimum atomic E-state index is -0.816. The Balaban J connectivity index is 2.00. The van der Waals surface area contributed by atoms with Crippen molar-refractivity contribution in [1.82, 2.24) is 5.32 Å². The summed E-state index contributed by atoms with van der Waals surface area (Å²) in [6.45, 7) is 3.51. The number of carboxylic acids is 1. The summed E-state index contributed by atoms with van der Waals surface area (Å²) in [7, 11) is 0. The molecule has 1 fully saturated rings. The maximum atomic E-state index is 12.3. The van der Waals surface area contributed by atoms with Gasteiger partial charge in [-0.05, 0) is 44.0 Å². The number of aryl methyl sites for hydroxylation is 1. The van der Waals surface area contributed by atoms with Crippen LogP contribution in [0.3, 0.4) is 0 Å². The fraction of sp³-hybridized carbons (Fsp3) is 0.467. The van der Waals surface area contributed by atoms with Crippen molar-refractivity contribution in [2.75, 3.05) is 18.4 Å². The molecule has 0 spiro atoms. The maximum absolute atomic E-state index is 12.3. The summed E-state index contributed by atoms with van der Waals surface area (Å²) in [6.07, 6.45) is 1.40. The summed E-state index contributed by atoms with van der Waals surface area (Å²) in [6, 6.07) is 7.37. The fourth-order valence-electron chi connectivity index (χ4n) is 2.35. The highest BCUT2D eigenvalue weighted by molar-refractivity contribution is 5.95. The van der Waals surface area contributed by atoms with Crippen molar-refractivity contribution in [2.24, 2.45) is 5.41 Å². The highest BCUT2D eigenvalue weighted by Gasteiger charge is 2.36. The van der Waals surface area contributed by atoms with Crippen LogP contribution in [0.1, 0.15) is 25.3 Å². The molecule has 1 heterocycles. The number of anilines is 1. The van der Waals surface area contributed by atoms with Gasteiger partial charge in [-0.1, -0.05) is 12.1 Å². The maximum Gasteiger partial charge on any atom is 0.303 e. The summed E-state index contributed by atoms with van der Waals surface area (Å²) in [4.78, 5) is 22.8. The second-order valence-electron chi connectivity index (χ2n) is 5.54. The molecule has 1 amide bonds. The van der Waals surface area contributed by atoms with Crippen LogP contribution in [0, 0.1) is 5.41 Å². The number of carbonyl (C=O) groups excluding carboxylic acids is 1. The third-order valence-corrected chi connectivity index (χ3v) is 3.73. The molecule has 5 heteroatoms. The van der Waals surface area contributed by atoms with Crippen molar-refractivity contribution >= 4 is 17.6 Å². The average Bonchev–Trinajstić information content (AvgIpc) is 2.85. The van der Waals surface area contributed by atoms with Gasteiger partial charge < -0.3 is 15.7 Å². The van der Waals surface area contributed by atoms with Gasteiger partial charge >= 0.3 is 5.97 Å². The molecule has 0 saturated carbocycles. The van der Waals surface area contributed by atoms with Gasteiger partial charge in [0.1, 0.15) is 0 Å². The Hall–Kier alpha value is -1.88. The number of carbonyl (C=O) groups is 2. The van der Waals surface area contributed by atoms with Crippen LogP contribution in [0.4, 0.5) is 5.69 Å². The second-order valence-corrected chi connectivity index (χ2v) is 5.54. The van der Waals surface area contributed by atoms with Gasteiger partial charge in [0.25, 0.3) is 0 Å². The predicted molar refractivity (Wildman–Crippen MR) is 76.6 cm³/mol. The van der Waals surface area contributed by atoms with Gasteiger partial charge in [-0.25, -0.2) is 0 Å². The van der Waals surface area contributed by atoms with E-state index < -0.39 is 5.97 Å². The van der Waals surface area contributed by atoms with Crippen LogP contribution in [0.25, 0.3) is 0 Å². The van der Waals surface area contributed by atoms with Gasteiger partial charge in [0.2, 0.25) is 5.91 Å². The highest BCUT2D eigenvalue weighted by Crippen LogP contribution is 2.26. The highest BCUT2D eigenvalue weighted by atomic mass is 16.4. The Morgan fingerprint density at radius 2 is 2.25 bits per heavy atom. The average molecular weight is 276 g/mol. The van der Waals surface area contributed by atoms with E-state index in [1.54, 1.807) is 0 Å². The van der Waals surface area contributed by atoms with Crippen molar-refractivity contribution in [3.8, 4) is 0 Å². The van der Waals surface area contributed by atoms with Crippen molar-refractivity contribution in [3.63, 3.8) is 0 Å². The molecule has 5 nitrogen and oxygen atoms in total. The first-order valence-electron chi connectivity index (χ1n) is 6.82. The van der Waals surface area contributed by atoms with Crippen molar-refractivity contribution in [2.45, 2.75) is 26.2 Å². The molecular formula is C15H20N2O3. The molecule has 1 aliphatic heterocycles. The zero-order chi connectivity index (χ0) is 14.6. The summed E-state index contributed by atoms with van der Waals surface area (Å²) in [5.41, 5.74) is 1.28. The Labute approximate surface area is 118 Å². The van der Waals surface area contributed by atoms with E-state index >= 15 is 0 Å². The van der Waals surface area contributed by atoms with Crippen LogP contribution in [-0.2, 0) is 16.0 Å². The SMILES string of the molecule is CC1(C(=O)Nc2cccc(CCC(=O)O)c2)CCNC1. The number of hydrogen-bond donors (Lipinski definition) is 3. The number of aliphatic carboxylic acids is 1. The van der Waals surface area contributed by atoms with Crippen LogP contribution in [0.15, 0.2) is 24.3 Å². The van der Waals surface area contributed by atoms with E-state index in [-0.39, 0.29) is 17.7 Å². The Bertz CT molecular complexity index is 508. The lowest BCUT2D eigenvalue weighted by Gasteiger charge is -2.21. The minimum absolute atomic E-state index is 0.0119. The zero-order valence-electron chi connectivity index (χ0n) is 11.6. The number of carboxylic acid groups (broad SMARTS) is 1. The van der Waals surface area contributed by atoms with E-state index in [0.29, 0.717) is 13.0 Å². The molecule has 3 N–H and O–H groups in total. The van der Waals surface area contributed by atoms with Crippen LogP contribution < -0.4 is 10.6 Å². The van der Waals surface area contributed by atoms with E-state index in [2.05, 4.69) is 10.6 Å². The largest absolute Gasteiger partial charge is 0.481 e. The summed E-state index contributed by atoms with van der Waals surface area (Å²) in [5, 5.41) is 14.8. The molecule has 1 aromatic carbocycles. The van der Waals surface area contributed by atoms with Crippen LogP contribution in [0.2, 0.25) is 0 Å². The Kier molecular flexibility index (Phi) is 4.39. The molecule has 0 radical (unpaired) electrons. The van der Waals surface area contributed by atoms with Crippen LogP contribution in [-0.4, -0.2) is 30.1 Å². The van der Waals surface area contributed by atoms with Crippen molar-refractivity contribution in [3.05, 3.63) is 29.8 Å². The standard InChI is InChI=1S/C15H20N2O3/c1-15(7-8-16-10-15)14(20)17-12-4-2-3-11(9-12)5-6-13(18)19/h2-4,9,16H,5-8,10H2,1H3,(H,17,20)(H,18,19). The third kappa shape index (κ3) is 3.57. The normalized spacial score (nSPS) is 21.6. The molecular weight excluding hydrogens is 256 g/mol. The minimum Gasteiger partial charge on any atom is -0.481 e. The van der Waals surface area contributed by atoms with E-state index in [9.17, 15) is 9.59 Å². The Morgan fingerprint density at radius 3 is 2.90 bits per heavy atom. The van der Waals surface area contributed by atoms with Gasteiger partial charge in [0.15, 0.2) is 0 Å². The molecule has 0 bridgehead atoms. The van der Waals surface area contributed by atoms with E-state index in [4.69, 9.17) is 5.11 Å². The first-order chi connectivity index (χ1) is 9.49. The van der Waals surface area contributed by atoms with Crippen LogP contribution >= 0.6 is 0 Å². The van der Waals surface area contributed by atoms with Gasteiger partial charge in [-0.3, -0.25) is 9.59 Å². The summed E-state index contributed by atoms with van der Waals surface area (Å²) >= 11 is 0. The molecule has 1 aromatic rings. The van der Waals surface area contributed by atoms with E-state index in [0.717, 1.165) is 24.2 Å². The number of amides is 1.